The maximum absolute atomic E-state index is 15.0. The average molecular weight is 489 g/mol. The minimum atomic E-state index is -3.73. The number of nitrogens with two attached hydrogens (primary N) is 1. The molecule has 7 nitrogen and oxygen atoms in total. The Kier molecular flexibility index (Phi) is 5.19. The lowest BCUT2D eigenvalue weighted by Gasteiger charge is -2.39. The Labute approximate surface area is 195 Å². The molecule has 2 atom stereocenters. The molecule has 2 aromatic heterocycles. The molecular weight excluding hydrogens is 467 g/mol. The third-order valence-corrected chi connectivity index (χ3v) is 9.38. The fourth-order valence-corrected chi connectivity index (χ4v) is 7.13. The molecule has 2 aliphatic heterocycles. The van der Waals surface area contributed by atoms with Gasteiger partial charge in [-0.05, 0) is 37.1 Å². The van der Waals surface area contributed by atoms with E-state index in [-0.39, 0.29) is 30.2 Å². The summed E-state index contributed by atoms with van der Waals surface area (Å²) in [5.41, 5.74) is 7.16. The normalized spacial score (nSPS) is 26.6. The number of ether oxygens (including phenoxy) is 1. The summed E-state index contributed by atoms with van der Waals surface area (Å²) in [6.07, 6.45) is 3.86. The Hall–Kier alpha value is -2.62. The number of aliphatic imine (C=N–C) groups is 1. The molecule has 2 aliphatic rings. The van der Waals surface area contributed by atoms with Crippen molar-refractivity contribution < 1.29 is 17.5 Å². The number of nitrogens with zero attached hydrogens (tertiary/aromatic N) is 3. The first-order valence-electron chi connectivity index (χ1n) is 10.5. The van der Waals surface area contributed by atoms with Gasteiger partial charge in [0.05, 0.1) is 28.6 Å². The highest BCUT2D eigenvalue weighted by Gasteiger charge is 2.57. The van der Waals surface area contributed by atoms with Gasteiger partial charge in [-0.15, -0.1) is 0 Å². The van der Waals surface area contributed by atoms with E-state index < -0.39 is 25.9 Å². The lowest BCUT2D eigenvalue weighted by atomic mass is 9.90. The molecule has 5 rings (SSSR count). The molecule has 1 fully saturated rings. The van der Waals surface area contributed by atoms with Crippen LogP contribution in [0.25, 0.3) is 10.9 Å². The Balaban J connectivity index is 1.56. The Morgan fingerprint density at radius 3 is 2.79 bits per heavy atom. The standard InChI is InChI=1S/C23H22ClFN4O3S/c1-22(13-33(30,31)23(21(26)29-22)5-7-32-12-23)17-8-14(2-3-18(17)25)9-19-20-15(4-6-27-19)10-16(24)11-28-20/h2-4,6,8,10-11H,5,7,9,12-13H2,1H3,(H2,26,29)/t22-,23?/m0/s1. The number of benzene rings is 1. The highest BCUT2D eigenvalue weighted by molar-refractivity contribution is 7.93. The quantitative estimate of drug-likeness (QED) is 0.606. The Morgan fingerprint density at radius 2 is 2.06 bits per heavy atom. The molecule has 0 bridgehead atoms. The predicted molar refractivity (Wildman–Crippen MR) is 125 cm³/mol. The lowest BCUT2D eigenvalue weighted by Crippen LogP contribution is -2.58. The summed E-state index contributed by atoms with van der Waals surface area (Å²) >= 11 is 6.05. The van der Waals surface area contributed by atoms with E-state index in [1.807, 2.05) is 6.07 Å². The second kappa shape index (κ2) is 7.72. The van der Waals surface area contributed by atoms with Gasteiger partial charge >= 0.3 is 0 Å². The molecule has 2 N–H and O–H groups in total. The van der Waals surface area contributed by atoms with Crippen molar-refractivity contribution in [1.29, 1.82) is 0 Å². The largest absolute Gasteiger partial charge is 0.386 e. The molecule has 0 aliphatic carbocycles. The Bertz CT molecular complexity index is 1410. The van der Waals surface area contributed by atoms with Gasteiger partial charge in [0.15, 0.2) is 14.6 Å². The zero-order valence-electron chi connectivity index (χ0n) is 17.9. The first-order chi connectivity index (χ1) is 15.6. The van der Waals surface area contributed by atoms with Crippen molar-refractivity contribution in [3.63, 3.8) is 0 Å². The molecule has 0 radical (unpaired) electrons. The average Bonchev–Trinajstić information content (AvgIpc) is 3.26. The molecule has 3 aromatic rings. The molecule has 1 aromatic carbocycles. The number of rotatable bonds is 3. The number of hydrogen-bond acceptors (Lipinski definition) is 7. The molecule has 0 amide bonds. The first-order valence-corrected chi connectivity index (χ1v) is 12.5. The predicted octanol–water partition coefficient (Wildman–Crippen LogP) is 3.17. The van der Waals surface area contributed by atoms with E-state index in [1.54, 1.807) is 37.5 Å². The number of pyridine rings is 2. The lowest BCUT2D eigenvalue weighted by molar-refractivity contribution is 0.194. The summed E-state index contributed by atoms with van der Waals surface area (Å²) < 4.78 is 45.6. The number of halogens is 2. The molecular formula is C23H22ClFN4O3S. The van der Waals surface area contributed by atoms with Crippen LogP contribution in [0.3, 0.4) is 0 Å². The van der Waals surface area contributed by atoms with Crippen LogP contribution in [0.2, 0.25) is 5.02 Å². The van der Waals surface area contributed by atoms with E-state index in [0.717, 1.165) is 10.9 Å². The van der Waals surface area contributed by atoms with Crippen LogP contribution in [0.1, 0.15) is 30.2 Å². The van der Waals surface area contributed by atoms with Gasteiger partial charge in [-0.1, -0.05) is 23.7 Å². The van der Waals surface area contributed by atoms with Crippen LogP contribution in [0.4, 0.5) is 4.39 Å². The third kappa shape index (κ3) is 3.59. The van der Waals surface area contributed by atoms with Crippen molar-refractivity contribution in [2.75, 3.05) is 19.0 Å². The topological polar surface area (TPSA) is 108 Å². The molecule has 33 heavy (non-hydrogen) atoms. The maximum Gasteiger partial charge on any atom is 0.168 e. The van der Waals surface area contributed by atoms with Gasteiger partial charge < -0.3 is 10.5 Å². The summed E-state index contributed by atoms with van der Waals surface area (Å²) in [4.78, 5) is 13.4. The van der Waals surface area contributed by atoms with Crippen molar-refractivity contribution in [2.45, 2.75) is 30.1 Å². The second-order valence-corrected chi connectivity index (χ2v) is 11.5. The third-order valence-electron chi connectivity index (χ3n) is 6.51. The summed E-state index contributed by atoms with van der Waals surface area (Å²) in [5, 5.41) is 1.37. The number of hydrogen-bond donors (Lipinski definition) is 1. The van der Waals surface area contributed by atoms with Crippen molar-refractivity contribution in [2.24, 2.45) is 10.7 Å². The summed E-state index contributed by atoms with van der Waals surface area (Å²) in [7, 11) is -3.73. The molecule has 1 spiro atoms. The van der Waals surface area contributed by atoms with E-state index in [9.17, 15) is 8.42 Å². The van der Waals surface area contributed by atoms with Gasteiger partial charge in [-0.3, -0.25) is 15.0 Å². The van der Waals surface area contributed by atoms with Gasteiger partial charge in [0, 0.05) is 36.4 Å². The van der Waals surface area contributed by atoms with Gasteiger partial charge in [-0.25, -0.2) is 12.8 Å². The monoisotopic (exact) mass is 488 g/mol. The van der Waals surface area contributed by atoms with Gasteiger partial charge in [-0.2, -0.15) is 0 Å². The zero-order valence-corrected chi connectivity index (χ0v) is 19.5. The van der Waals surface area contributed by atoms with E-state index in [1.165, 1.54) is 6.07 Å². The van der Waals surface area contributed by atoms with Crippen LogP contribution >= 0.6 is 11.6 Å². The van der Waals surface area contributed by atoms with Crippen LogP contribution in [0.5, 0.6) is 0 Å². The Morgan fingerprint density at radius 1 is 1.24 bits per heavy atom. The second-order valence-electron chi connectivity index (χ2n) is 8.80. The molecule has 1 unspecified atom stereocenters. The van der Waals surface area contributed by atoms with Crippen LogP contribution in [-0.2, 0) is 26.5 Å². The highest BCUT2D eigenvalue weighted by Crippen LogP contribution is 2.41. The van der Waals surface area contributed by atoms with Gasteiger partial charge in [0.25, 0.3) is 0 Å². The molecule has 10 heteroatoms. The summed E-state index contributed by atoms with van der Waals surface area (Å²) in [6, 6.07) is 8.24. The highest BCUT2D eigenvalue weighted by atomic mass is 35.5. The summed E-state index contributed by atoms with van der Waals surface area (Å²) in [5.74, 6) is -0.908. The summed E-state index contributed by atoms with van der Waals surface area (Å²) in [6.45, 7) is 1.88. The van der Waals surface area contributed by atoms with Gasteiger partial charge in [0.2, 0.25) is 0 Å². The first kappa shape index (κ1) is 22.2. The number of aromatic nitrogens is 2. The van der Waals surface area contributed by atoms with Crippen molar-refractivity contribution in [1.82, 2.24) is 9.97 Å². The van der Waals surface area contributed by atoms with Crippen LogP contribution < -0.4 is 5.73 Å². The van der Waals surface area contributed by atoms with E-state index in [4.69, 9.17) is 22.1 Å². The molecule has 0 saturated carbocycles. The van der Waals surface area contributed by atoms with Gasteiger partial charge in [0.1, 0.15) is 17.2 Å². The van der Waals surface area contributed by atoms with E-state index in [2.05, 4.69) is 15.0 Å². The minimum absolute atomic E-state index is 0.0182. The van der Waals surface area contributed by atoms with Crippen molar-refractivity contribution in [3.8, 4) is 0 Å². The number of fused-ring (bicyclic) bond motifs is 1. The van der Waals surface area contributed by atoms with Crippen molar-refractivity contribution >= 4 is 38.2 Å². The van der Waals surface area contributed by atoms with Crippen LogP contribution in [-0.4, -0.2) is 47.9 Å². The molecule has 172 valence electrons. The van der Waals surface area contributed by atoms with Crippen LogP contribution in [0.15, 0.2) is 47.7 Å². The minimum Gasteiger partial charge on any atom is -0.386 e. The fourth-order valence-electron chi connectivity index (χ4n) is 4.71. The smallest absolute Gasteiger partial charge is 0.168 e. The SMILES string of the molecule is C[C@@]1(c2cc(Cc3nccc4cc(Cl)cnc34)ccc2F)CS(=O)(=O)C2(CCOC2)C(N)=N1. The van der Waals surface area contributed by atoms with Crippen LogP contribution in [0, 0.1) is 5.82 Å². The zero-order chi connectivity index (χ0) is 23.4. The van der Waals surface area contributed by atoms with Crippen molar-refractivity contribution in [3.05, 3.63) is 70.4 Å². The molecule has 1 saturated heterocycles. The van der Waals surface area contributed by atoms with E-state index >= 15 is 4.39 Å². The maximum atomic E-state index is 15.0. The number of sulfone groups is 1. The molecule has 4 heterocycles. The fraction of sp³-hybridized carbons (Fsp3) is 0.348. The van der Waals surface area contributed by atoms with E-state index in [0.29, 0.717) is 29.3 Å². The number of amidine groups is 1.